The van der Waals surface area contributed by atoms with Crippen molar-refractivity contribution in [1.82, 2.24) is 0 Å². The highest BCUT2D eigenvalue weighted by atomic mass is 16.6. The van der Waals surface area contributed by atoms with Gasteiger partial charge in [-0.1, -0.05) is 13.8 Å². The van der Waals surface area contributed by atoms with Crippen LogP contribution in [0.1, 0.15) is 40.5 Å². The molecule has 0 radical (unpaired) electrons. The third-order valence-electron chi connectivity index (χ3n) is 7.60. The summed E-state index contributed by atoms with van der Waals surface area (Å²) in [5.74, 6) is -0.616. The maximum atomic E-state index is 12.4. The number of carbonyl (C=O) groups is 2. The molecule has 2 unspecified atom stereocenters. The number of ether oxygens (including phenoxy) is 3. The Bertz CT molecular complexity index is 603. The molecule has 122 valence electrons. The zero-order valence-corrected chi connectivity index (χ0v) is 13.4. The zero-order chi connectivity index (χ0) is 16.2. The van der Waals surface area contributed by atoms with Crippen LogP contribution in [-0.4, -0.2) is 47.6 Å². The van der Waals surface area contributed by atoms with Crippen molar-refractivity contribution < 1.29 is 28.9 Å². The maximum Gasteiger partial charge on any atom is 0.315 e. The number of hydrogen-bond donors (Lipinski definition) is 1. The first-order valence-electron chi connectivity index (χ1n) is 7.77. The molecule has 4 rings (SSSR count). The first-order chi connectivity index (χ1) is 10.1. The van der Waals surface area contributed by atoms with Gasteiger partial charge < -0.3 is 19.3 Å². The predicted molar refractivity (Wildman–Crippen MR) is 73.7 cm³/mol. The summed E-state index contributed by atoms with van der Waals surface area (Å²) in [4.78, 5) is 24.6. The van der Waals surface area contributed by atoms with Crippen molar-refractivity contribution >= 4 is 11.9 Å². The van der Waals surface area contributed by atoms with E-state index in [9.17, 15) is 14.7 Å². The van der Waals surface area contributed by atoms with Crippen LogP contribution in [0.4, 0.5) is 0 Å². The molecule has 2 bridgehead atoms. The Kier molecular flexibility index (Phi) is 2.31. The van der Waals surface area contributed by atoms with E-state index in [0.717, 1.165) is 0 Å². The molecular weight excluding hydrogens is 288 g/mol. The number of fused-ring (bicyclic) bond motifs is 1. The van der Waals surface area contributed by atoms with Crippen molar-refractivity contribution in [3.05, 3.63) is 0 Å². The van der Waals surface area contributed by atoms with Gasteiger partial charge in [0.2, 0.25) is 0 Å². The lowest BCUT2D eigenvalue weighted by Gasteiger charge is -2.50. The summed E-state index contributed by atoms with van der Waals surface area (Å²) >= 11 is 0. The quantitative estimate of drug-likeness (QED) is 0.667. The Labute approximate surface area is 129 Å². The van der Waals surface area contributed by atoms with Gasteiger partial charge in [0.05, 0.1) is 24.5 Å². The summed E-state index contributed by atoms with van der Waals surface area (Å²) in [6.45, 7) is 7.86. The summed E-state index contributed by atoms with van der Waals surface area (Å²) in [6.07, 6.45) is -0.294. The molecule has 1 N–H and O–H groups in total. The molecule has 0 aromatic rings. The van der Waals surface area contributed by atoms with E-state index in [-0.39, 0.29) is 38.0 Å². The number of carbonyl (C=O) groups excluding carboxylic acids is 2. The van der Waals surface area contributed by atoms with Gasteiger partial charge in [0.1, 0.15) is 23.2 Å². The monoisotopic (exact) mass is 310 g/mol. The predicted octanol–water partition coefficient (Wildman–Crippen LogP) is 0.801. The van der Waals surface area contributed by atoms with Crippen LogP contribution in [0.2, 0.25) is 0 Å². The topological polar surface area (TPSA) is 82.1 Å². The highest BCUT2D eigenvalue weighted by molar-refractivity contribution is 5.82. The zero-order valence-electron chi connectivity index (χ0n) is 13.4. The average Bonchev–Trinajstić information content (AvgIpc) is 2.88. The largest absolute Gasteiger partial charge is 0.464 e. The fourth-order valence-corrected chi connectivity index (χ4v) is 5.48. The fourth-order valence-electron chi connectivity index (χ4n) is 5.48. The van der Waals surface area contributed by atoms with Gasteiger partial charge >= 0.3 is 11.9 Å². The molecule has 0 aromatic heterocycles. The molecule has 1 aliphatic carbocycles. The number of aliphatic hydroxyl groups excluding tert-OH is 1. The highest BCUT2D eigenvalue weighted by Crippen LogP contribution is 2.73. The Morgan fingerprint density at radius 1 is 1.09 bits per heavy atom. The van der Waals surface area contributed by atoms with E-state index in [2.05, 4.69) is 0 Å². The van der Waals surface area contributed by atoms with E-state index < -0.39 is 33.6 Å². The third kappa shape index (κ3) is 1.07. The summed E-state index contributed by atoms with van der Waals surface area (Å²) < 4.78 is 17.4. The molecule has 0 spiro atoms. The SMILES string of the molecule is CC12CC(=O)OC13C[C@H](O)[C@@]2(C)OC[C@@]1(C)C(=O)OC[C@@]31C. The third-order valence-corrected chi connectivity index (χ3v) is 7.60. The van der Waals surface area contributed by atoms with Gasteiger partial charge in [-0.25, -0.2) is 0 Å². The van der Waals surface area contributed by atoms with E-state index >= 15 is 0 Å². The molecule has 0 amide bonds. The number of aliphatic hydroxyl groups is 1. The molecule has 3 saturated heterocycles. The molecule has 0 aromatic carbocycles. The molecule has 3 aliphatic heterocycles. The number of esters is 2. The van der Waals surface area contributed by atoms with Crippen LogP contribution in [0.3, 0.4) is 0 Å². The van der Waals surface area contributed by atoms with Crippen LogP contribution < -0.4 is 0 Å². The van der Waals surface area contributed by atoms with Crippen LogP contribution in [0.5, 0.6) is 0 Å². The normalized spacial score (nSPS) is 59.6. The van der Waals surface area contributed by atoms with Gasteiger partial charge in [-0.2, -0.15) is 0 Å². The van der Waals surface area contributed by atoms with Crippen molar-refractivity contribution in [2.75, 3.05) is 13.2 Å². The minimum Gasteiger partial charge on any atom is -0.464 e. The Hall–Kier alpha value is -1.14. The minimum absolute atomic E-state index is 0.158. The number of hydrogen-bond acceptors (Lipinski definition) is 6. The Morgan fingerprint density at radius 2 is 1.77 bits per heavy atom. The molecule has 4 aliphatic rings. The van der Waals surface area contributed by atoms with Crippen molar-refractivity contribution in [3.63, 3.8) is 0 Å². The first kappa shape index (κ1) is 14.5. The lowest BCUT2D eigenvalue weighted by Crippen LogP contribution is -2.61. The van der Waals surface area contributed by atoms with Crippen LogP contribution in [-0.2, 0) is 23.8 Å². The van der Waals surface area contributed by atoms with E-state index in [0.29, 0.717) is 0 Å². The van der Waals surface area contributed by atoms with Gasteiger partial charge in [0.15, 0.2) is 0 Å². The second kappa shape index (κ2) is 3.51. The number of rotatable bonds is 0. The Balaban J connectivity index is 2.03. The van der Waals surface area contributed by atoms with Crippen LogP contribution in [0, 0.1) is 16.2 Å². The molecule has 4 fully saturated rings. The molecule has 6 atom stereocenters. The second-order valence-corrected chi connectivity index (χ2v) is 8.17. The van der Waals surface area contributed by atoms with Crippen LogP contribution in [0.25, 0.3) is 0 Å². The summed E-state index contributed by atoms with van der Waals surface area (Å²) in [5, 5.41) is 10.7. The summed E-state index contributed by atoms with van der Waals surface area (Å²) in [5.41, 5.74) is -4.19. The Morgan fingerprint density at radius 3 is 2.45 bits per heavy atom. The van der Waals surface area contributed by atoms with Gasteiger partial charge in [-0.15, -0.1) is 0 Å². The van der Waals surface area contributed by atoms with Crippen LogP contribution in [0.15, 0.2) is 0 Å². The molecule has 6 heteroatoms. The summed E-state index contributed by atoms with van der Waals surface area (Å²) in [7, 11) is 0. The van der Waals surface area contributed by atoms with E-state index in [1.54, 1.807) is 0 Å². The van der Waals surface area contributed by atoms with Crippen molar-refractivity contribution in [2.24, 2.45) is 16.2 Å². The average molecular weight is 310 g/mol. The first-order valence-corrected chi connectivity index (χ1v) is 7.77. The molecule has 6 nitrogen and oxygen atoms in total. The molecule has 22 heavy (non-hydrogen) atoms. The van der Waals surface area contributed by atoms with E-state index in [4.69, 9.17) is 14.2 Å². The highest BCUT2D eigenvalue weighted by Gasteiger charge is 2.85. The second-order valence-electron chi connectivity index (χ2n) is 8.17. The lowest BCUT2D eigenvalue weighted by atomic mass is 9.52. The van der Waals surface area contributed by atoms with E-state index in [1.807, 2.05) is 27.7 Å². The van der Waals surface area contributed by atoms with Crippen molar-refractivity contribution in [3.8, 4) is 0 Å². The number of cyclic esters (lactones) is 1. The minimum atomic E-state index is -0.956. The fraction of sp³-hybridized carbons (Fsp3) is 0.875. The van der Waals surface area contributed by atoms with Gasteiger partial charge in [-0.3, -0.25) is 9.59 Å². The van der Waals surface area contributed by atoms with Crippen LogP contribution >= 0.6 is 0 Å². The van der Waals surface area contributed by atoms with Crippen molar-refractivity contribution in [1.29, 1.82) is 0 Å². The van der Waals surface area contributed by atoms with Gasteiger partial charge in [0, 0.05) is 11.8 Å². The van der Waals surface area contributed by atoms with Crippen molar-refractivity contribution in [2.45, 2.75) is 57.8 Å². The maximum absolute atomic E-state index is 12.4. The smallest absolute Gasteiger partial charge is 0.315 e. The molecular formula is C16H22O6. The van der Waals surface area contributed by atoms with Gasteiger partial charge in [0.25, 0.3) is 0 Å². The summed E-state index contributed by atoms with van der Waals surface area (Å²) in [6, 6.07) is 0. The van der Waals surface area contributed by atoms with Gasteiger partial charge in [-0.05, 0) is 13.8 Å². The molecule has 3 heterocycles. The standard InChI is InChI=1S/C16H22O6/c1-12-7-21-15(4)9(17)5-16(13(15,2)6-10(18)22-16)14(12,3)8-20-11(12)19/h9,17H,5-8H2,1-4H3/t9-,12-,13?,14+,15+,16?/m0/s1. The lowest BCUT2D eigenvalue weighted by molar-refractivity contribution is -0.184. The van der Waals surface area contributed by atoms with E-state index in [1.165, 1.54) is 0 Å². The molecule has 1 saturated carbocycles.